The fraction of sp³-hybridized carbons (Fsp3) is 0.625. The Morgan fingerprint density at radius 1 is 1.32 bits per heavy atom. The molecular weight excluding hydrogens is 241 g/mol. The normalized spacial score (nSPS) is 18.7. The second-order valence-corrected chi connectivity index (χ2v) is 5.82. The lowest BCUT2D eigenvalue weighted by atomic mass is 9.88. The lowest BCUT2D eigenvalue weighted by molar-refractivity contribution is 0.189. The Labute approximate surface area is 115 Å². The first-order chi connectivity index (χ1) is 9.08. The Balaban J connectivity index is 2.01. The monoisotopic (exact) mass is 265 g/mol. The zero-order valence-corrected chi connectivity index (χ0v) is 11.9. The Bertz CT molecular complexity index is 415. The van der Waals surface area contributed by atoms with Gasteiger partial charge in [0.25, 0.3) is 0 Å². The molecule has 0 heterocycles. The van der Waals surface area contributed by atoms with Crippen molar-refractivity contribution in [2.24, 2.45) is 5.92 Å². The average Bonchev–Trinajstić information content (AvgIpc) is 2.42. The van der Waals surface area contributed by atoms with Crippen LogP contribution in [-0.2, 0) is 0 Å². The summed E-state index contributed by atoms with van der Waals surface area (Å²) < 4.78 is 13.3. The van der Waals surface area contributed by atoms with Gasteiger partial charge < -0.3 is 5.11 Å². The van der Waals surface area contributed by atoms with Crippen LogP contribution in [0.1, 0.15) is 50.6 Å². The van der Waals surface area contributed by atoms with Crippen LogP contribution in [0.3, 0.4) is 0 Å². The average molecular weight is 265 g/mol. The van der Waals surface area contributed by atoms with E-state index in [0.29, 0.717) is 5.56 Å². The molecule has 1 aliphatic rings. The number of aromatic hydroxyl groups is 1. The minimum Gasteiger partial charge on any atom is -0.508 e. The second-order valence-electron chi connectivity index (χ2n) is 5.82. The number of rotatable bonds is 4. The fourth-order valence-electron chi connectivity index (χ4n) is 3.03. The molecule has 1 saturated carbocycles. The van der Waals surface area contributed by atoms with E-state index in [0.717, 1.165) is 12.5 Å². The standard InChI is InChI=1S/C16H24FNO/c1-12(15-10-14(17)8-9-16(15)19)18(2)11-13-6-4-3-5-7-13/h8-10,12-13,19H,3-7,11H2,1-2H3. The molecule has 0 aliphatic heterocycles. The van der Waals surface area contributed by atoms with E-state index in [4.69, 9.17) is 0 Å². The highest BCUT2D eigenvalue weighted by molar-refractivity contribution is 5.34. The van der Waals surface area contributed by atoms with Crippen LogP contribution in [0.15, 0.2) is 18.2 Å². The molecule has 0 radical (unpaired) electrons. The van der Waals surface area contributed by atoms with Crippen molar-refractivity contribution in [2.75, 3.05) is 13.6 Å². The van der Waals surface area contributed by atoms with E-state index >= 15 is 0 Å². The molecule has 2 nitrogen and oxygen atoms in total. The predicted molar refractivity (Wildman–Crippen MR) is 75.7 cm³/mol. The number of phenols is 1. The number of halogens is 1. The molecular formula is C16H24FNO. The highest BCUT2D eigenvalue weighted by Crippen LogP contribution is 2.31. The summed E-state index contributed by atoms with van der Waals surface area (Å²) in [5.41, 5.74) is 0.679. The molecule has 1 aliphatic carbocycles. The lowest BCUT2D eigenvalue weighted by Crippen LogP contribution is -2.29. The maximum Gasteiger partial charge on any atom is 0.123 e. The third-order valence-electron chi connectivity index (χ3n) is 4.37. The van der Waals surface area contributed by atoms with Crippen molar-refractivity contribution in [3.63, 3.8) is 0 Å². The first kappa shape index (κ1) is 14.3. The summed E-state index contributed by atoms with van der Waals surface area (Å²) in [5, 5.41) is 9.87. The molecule has 0 bridgehead atoms. The Morgan fingerprint density at radius 2 is 2.00 bits per heavy atom. The van der Waals surface area contributed by atoms with Gasteiger partial charge in [-0.15, -0.1) is 0 Å². The Morgan fingerprint density at radius 3 is 2.68 bits per heavy atom. The van der Waals surface area contributed by atoms with E-state index in [9.17, 15) is 9.50 Å². The molecule has 2 rings (SSSR count). The summed E-state index contributed by atoms with van der Waals surface area (Å²) in [6.07, 6.45) is 6.62. The smallest absolute Gasteiger partial charge is 0.123 e. The molecule has 1 aromatic carbocycles. The van der Waals surface area contributed by atoms with Crippen LogP contribution in [0, 0.1) is 11.7 Å². The van der Waals surface area contributed by atoms with Gasteiger partial charge in [0.1, 0.15) is 11.6 Å². The number of hydrogen-bond donors (Lipinski definition) is 1. The molecule has 0 saturated heterocycles. The SMILES string of the molecule is CC(c1cc(F)ccc1O)N(C)CC1CCCCC1. The zero-order valence-electron chi connectivity index (χ0n) is 11.9. The molecule has 1 fully saturated rings. The van der Waals surface area contributed by atoms with Crippen molar-refractivity contribution in [1.82, 2.24) is 4.90 Å². The molecule has 0 spiro atoms. The van der Waals surface area contributed by atoms with Crippen molar-refractivity contribution < 1.29 is 9.50 Å². The first-order valence-electron chi connectivity index (χ1n) is 7.26. The van der Waals surface area contributed by atoms with E-state index in [1.165, 1.54) is 50.3 Å². The van der Waals surface area contributed by atoms with E-state index in [1.807, 2.05) is 6.92 Å². The van der Waals surface area contributed by atoms with Crippen molar-refractivity contribution in [3.05, 3.63) is 29.6 Å². The van der Waals surface area contributed by atoms with Gasteiger partial charge in [-0.3, -0.25) is 4.90 Å². The van der Waals surface area contributed by atoms with Gasteiger partial charge in [0.15, 0.2) is 0 Å². The van der Waals surface area contributed by atoms with Gasteiger partial charge in [-0.25, -0.2) is 4.39 Å². The van der Waals surface area contributed by atoms with Crippen molar-refractivity contribution in [3.8, 4) is 5.75 Å². The summed E-state index contributed by atoms with van der Waals surface area (Å²) >= 11 is 0. The van der Waals surface area contributed by atoms with Gasteiger partial charge in [0, 0.05) is 18.2 Å². The van der Waals surface area contributed by atoms with Crippen LogP contribution in [-0.4, -0.2) is 23.6 Å². The predicted octanol–water partition coefficient (Wildman–Crippen LogP) is 4.10. The third-order valence-corrected chi connectivity index (χ3v) is 4.37. The minimum absolute atomic E-state index is 0.0395. The number of phenolic OH excluding ortho intramolecular Hbond substituents is 1. The molecule has 19 heavy (non-hydrogen) atoms. The van der Waals surface area contributed by atoms with Crippen LogP contribution in [0.2, 0.25) is 0 Å². The van der Waals surface area contributed by atoms with Crippen molar-refractivity contribution in [1.29, 1.82) is 0 Å². The molecule has 1 N–H and O–H groups in total. The van der Waals surface area contributed by atoms with Crippen LogP contribution in [0.4, 0.5) is 4.39 Å². The largest absolute Gasteiger partial charge is 0.508 e. The van der Waals surface area contributed by atoms with Crippen LogP contribution < -0.4 is 0 Å². The fourth-order valence-corrected chi connectivity index (χ4v) is 3.03. The Hall–Kier alpha value is -1.09. The highest BCUT2D eigenvalue weighted by Gasteiger charge is 2.21. The second kappa shape index (κ2) is 6.38. The molecule has 106 valence electrons. The lowest BCUT2D eigenvalue weighted by Gasteiger charge is -2.31. The maximum atomic E-state index is 13.3. The van der Waals surface area contributed by atoms with E-state index in [1.54, 1.807) is 0 Å². The van der Waals surface area contributed by atoms with E-state index < -0.39 is 0 Å². The van der Waals surface area contributed by atoms with Gasteiger partial charge >= 0.3 is 0 Å². The molecule has 1 aromatic rings. The van der Waals surface area contributed by atoms with Crippen molar-refractivity contribution in [2.45, 2.75) is 45.1 Å². The summed E-state index contributed by atoms with van der Waals surface area (Å²) in [5.74, 6) is 0.645. The van der Waals surface area contributed by atoms with Gasteiger partial charge in [-0.1, -0.05) is 19.3 Å². The minimum atomic E-state index is -0.286. The highest BCUT2D eigenvalue weighted by atomic mass is 19.1. The van der Waals surface area contributed by atoms with Gasteiger partial charge in [0.2, 0.25) is 0 Å². The summed E-state index contributed by atoms with van der Waals surface area (Å²) in [6, 6.07) is 4.22. The summed E-state index contributed by atoms with van der Waals surface area (Å²) in [7, 11) is 2.06. The zero-order chi connectivity index (χ0) is 13.8. The summed E-state index contributed by atoms with van der Waals surface area (Å²) in [4.78, 5) is 2.23. The van der Waals surface area contributed by atoms with Gasteiger partial charge in [-0.2, -0.15) is 0 Å². The van der Waals surface area contributed by atoms with Crippen LogP contribution in [0.25, 0.3) is 0 Å². The van der Waals surface area contributed by atoms with E-state index in [2.05, 4.69) is 11.9 Å². The van der Waals surface area contributed by atoms with Crippen molar-refractivity contribution >= 4 is 0 Å². The quantitative estimate of drug-likeness (QED) is 0.885. The Kier molecular flexibility index (Phi) is 4.81. The van der Waals surface area contributed by atoms with Gasteiger partial charge in [0.05, 0.1) is 0 Å². The number of benzene rings is 1. The number of nitrogens with zero attached hydrogens (tertiary/aromatic N) is 1. The molecule has 1 unspecified atom stereocenters. The van der Waals surface area contributed by atoms with E-state index in [-0.39, 0.29) is 17.6 Å². The molecule has 1 atom stereocenters. The summed E-state index contributed by atoms with van der Waals surface area (Å²) in [6.45, 7) is 3.05. The molecule has 0 amide bonds. The third kappa shape index (κ3) is 3.69. The molecule has 0 aromatic heterocycles. The number of hydrogen-bond acceptors (Lipinski definition) is 2. The maximum absolute atomic E-state index is 13.3. The van der Waals surface area contributed by atoms with Crippen LogP contribution >= 0.6 is 0 Å². The topological polar surface area (TPSA) is 23.5 Å². The first-order valence-corrected chi connectivity index (χ1v) is 7.26. The molecule has 3 heteroatoms. The van der Waals surface area contributed by atoms with Crippen LogP contribution in [0.5, 0.6) is 5.75 Å². The van der Waals surface area contributed by atoms with Gasteiger partial charge in [-0.05, 0) is 50.9 Å².